The van der Waals surface area contributed by atoms with Crippen molar-refractivity contribution in [3.63, 3.8) is 0 Å². The summed E-state index contributed by atoms with van der Waals surface area (Å²) in [6, 6.07) is 1.06. The molecule has 0 bridgehead atoms. The van der Waals surface area contributed by atoms with E-state index in [1.54, 1.807) is 0 Å². The lowest BCUT2D eigenvalue weighted by Crippen LogP contribution is -2.12. The van der Waals surface area contributed by atoms with Crippen LogP contribution in [-0.4, -0.2) is 18.3 Å². The number of benzene rings is 1. The van der Waals surface area contributed by atoms with Gasteiger partial charge >= 0.3 is 0 Å². The molecule has 0 spiro atoms. The standard InChI is InChI=1S/C11H13F3O2/c1-2-3-16-6-10(15)11-8(13)4-7(12)5-9(11)14/h4-5,10,15H,2-3,6H2,1H3. The van der Waals surface area contributed by atoms with Crippen molar-refractivity contribution in [2.75, 3.05) is 13.2 Å². The number of rotatable bonds is 5. The zero-order valence-corrected chi connectivity index (χ0v) is 8.84. The summed E-state index contributed by atoms with van der Waals surface area (Å²) < 4.78 is 43.9. The van der Waals surface area contributed by atoms with Crippen LogP contribution in [0, 0.1) is 17.5 Å². The molecule has 0 heterocycles. The second-order valence-electron chi connectivity index (χ2n) is 3.37. The smallest absolute Gasteiger partial charge is 0.134 e. The number of ether oxygens (including phenoxy) is 1. The van der Waals surface area contributed by atoms with E-state index in [1.807, 2.05) is 6.92 Å². The second-order valence-corrected chi connectivity index (χ2v) is 3.37. The zero-order chi connectivity index (χ0) is 12.1. The SMILES string of the molecule is CCCOCC(O)c1c(F)cc(F)cc1F. The van der Waals surface area contributed by atoms with E-state index in [0.29, 0.717) is 18.7 Å². The van der Waals surface area contributed by atoms with Gasteiger partial charge in [0.25, 0.3) is 0 Å². The topological polar surface area (TPSA) is 29.5 Å². The fourth-order valence-corrected chi connectivity index (χ4v) is 1.29. The number of hydrogen-bond donors (Lipinski definition) is 1. The van der Waals surface area contributed by atoms with Gasteiger partial charge < -0.3 is 9.84 Å². The molecule has 1 atom stereocenters. The summed E-state index contributed by atoms with van der Waals surface area (Å²) in [6.45, 7) is 2.04. The van der Waals surface area contributed by atoms with Gasteiger partial charge in [-0.25, -0.2) is 13.2 Å². The van der Waals surface area contributed by atoms with Gasteiger partial charge in [-0.15, -0.1) is 0 Å². The van der Waals surface area contributed by atoms with Gasteiger partial charge in [-0.2, -0.15) is 0 Å². The predicted octanol–water partition coefficient (Wildman–Crippen LogP) is 2.56. The first-order valence-corrected chi connectivity index (χ1v) is 4.96. The van der Waals surface area contributed by atoms with E-state index in [1.165, 1.54) is 0 Å². The summed E-state index contributed by atoms with van der Waals surface area (Å²) >= 11 is 0. The Balaban J connectivity index is 2.78. The molecule has 90 valence electrons. The molecule has 16 heavy (non-hydrogen) atoms. The van der Waals surface area contributed by atoms with Gasteiger partial charge in [0.15, 0.2) is 0 Å². The lowest BCUT2D eigenvalue weighted by Gasteiger charge is -2.13. The molecule has 1 aromatic rings. The molecule has 0 aliphatic rings. The van der Waals surface area contributed by atoms with Crippen LogP contribution in [-0.2, 0) is 4.74 Å². The average molecular weight is 234 g/mol. The van der Waals surface area contributed by atoms with Gasteiger partial charge in [0.2, 0.25) is 0 Å². The molecule has 0 saturated heterocycles. The maximum atomic E-state index is 13.2. The number of halogens is 3. The van der Waals surface area contributed by atoms with E-state index in [2.05, 4.69) is 0 Å². The third kappa shape index (κ3) is 3.21. The summed E-state index contributed by atoms with van der Waals surface area (Å²) in [4.78, 5) is 0. The minimum absolute atomic E-state index is 0.215. The molecule has 1 aromatic carbocycles. The third-order valence-corrected chi connectivity index (χ3v) is 2.00. The first-order chi connectivity index (χ1) is 7.56. The highest BCUT2D eigenvalue weighted by molar-refractivity contribution is 5.23. The molecule has 1 rings (SSSR count). The monoisotopic (exact) mass is 234 g/mol. The van der Waals surface area contributed by atoms with Crippen molar-refractivity contribution in [3.05, 3.63) is 35.1 Å². The zero-order valence-electron chi connectivity index (χ0n) is 8.84. The van der Waals surface area contributed by atoms with Gasteiger partial charge in [0, 0.05) is 18.7 Å². The van der Waals surface area contributed by atoms with E-state index in [9.17, 15) is 18.3 Å². The number of hydrogen-bond acceptors (Lipinski definition) is 2. The normalized spacial score (nSPS) is 12.8. The molecular formula is C11H13F3O2. The second kappa shape index (κ2) is 5.86. The summed E-state index contributed by atoms with van der Waals surface area (Å²) in [7, 11) is 0. The Kier molecular flexibility index (Phi) is 4.76. The highest BCUT2D eigenvalue weighted by Crippen LogP contribution is 2.22. The van der Waals surface area contributed by atoms with Crippen LogP contribution in [0.4, 0.5) is 13.2 Å². The number of aliphatic hydroxyl groups excluding tert-OH is 1. The highest BCUT2D eigenvalue weighted by atomic mass is 19.1. The fraction of sp³-hybridized carbons (Fsp3) is 0.455. The Morgan fingerprint density at radius 3 is 2.31 bits per heavy atom. The van der Waals surface area contributed by atoms with Crippen molar-refractivity contribution >= 4 is 0 Å². The first-order valence-electron chi connectivity index (χ1n) is 4.96. The minimum Gasteiger partial charge on any atom is -0.386 e. The van der Waals surface area contributed by atoms with Crippen molar-refractivity contribution in [1.29, 1.82) is 0 Å². The Morgan fingerprint density at radius 1 is 1.25 bits per heavy atom. The van der Waals surface area contributed by atoms with Gasteiger partial charge in [-0.05, 0) is 6.42 Å². The summed E-state index contributed by atoms with van der Waals surface area (Å²) in [5.74, 6) is -3.23. The van der Waals surface area contributed by atoms with Crippen LogP contribution in [0.25, 0.3) is 0 Å². The van der Waals surface area contributed by atoms with Crippen molar-refractivity contribution in [2.24, 2.45) is 0 Å². The molecule has 0 aliphatic heterocycles. The summed E-state index contributed by atoms with van der Waals surface area (Å²) in [5.41, 5.74) is -0.558. The molecular weight excluding hydrogens is 221 g/mol. The van der Waals surface area contributed by atoms with Gasteiger partial charge in [-0.1, -0.05) is 6.92 Å². The van der Waals surface area contributed by atoms with Crippen molar-refractivity contribution in [2.45, 2.75) is 19.4 Å². The predicted molar refractivity (Wildman–Crippen MR) is 52.4 cm³/mol. The lowest BCUT2D eigenvalue weighted by atomic mass is 10.1. The van der Waals surface area contributed by atoms with Gasteiger partial charge in [0.1, 0.15) is 23.6 Å². The molecule has 0 radical (unpaired) electrons. The van der Waals surface area contributed by atoms with Gasteiger partial charge in [-0.3, -0.25) is 0 Å². The largest absolute Gasteiger partial charge is 0.386 e. The van der Waals surface area contributed by atoms with Crippen LogP contribution >= 0.6 is 0 Å². The van der Waals surface area contributed by atoms with Crippen molar-refractivity contribution in [1.82, 2.24) is 0 Å². The van der Waals surface area contributed by atoms with Crippen molar-refractivity contribution < 1.29 is 23.0 Å². The maximum absolute atomic E-state index is 13.2. The molecule has 1 unspecified atom stereocenters. The Morgan fingerprint density at radius 2 is 1.81 bits per heavy atom. The van der Waals surface area contributed by atoms with E-state index in [4.69, 9.17) is 4.74 Å². The van der Waals surface area contributed by atoms with E-state index in [0.717, 1.165) is 6.42 Å². The molecule has 1 N–H and O–H groups in total. The minimum atomic E-state index is -1.42. The number of aliphatic hydroxyl groups is 1. The van der Waals surface area contributed by atoms with Crippen LogP contribution in [0.15, 0.2) is 12.1 Å². The first kappa shape index (κ1) is 13.0. The van der Waals surface area contributed by atoms with Crippen LogP contribution in [0.5, 0.6) is 0 Å². The van der Waals surface area contributed by atoms with Gasteiger partial charge in [0.05, 0.1) is 12.2 Å². The average Bonchev–Trinajstić information content (AvgIpc) is 2.16. The van der Waals surface area contributed by atoms with E-state index >= 15 is 0 Å². The molecule has 2 nitrogen and oxygen atoms in total. The fourth-order valence-electron chi connectivity index (χ4n) is 1.29. The Bertz CT molecular complexity index is 332. The summed E-state index contributed by atoms with van der Waals surface area (Å²) in [5, 5.41) is 9.47. The third-order valence-electron chi connectivity index (χ3n) is 2.00. The Labute approximate surface area is 91.7 Å². The lowest BCUT2D eigenvalue weighted by molar-refractivity contribution is 0.0326. The van der Waals surface area contributed by atoms with Crippen LogP contribution < -0.4 is 0 Å². The molecule has 0 fully saturated rings. The van der Waals surface area contributed by atoms with E-state index in [-0.39, 0.29) is 6.61 Å². The molecule has 0 aromatic heterocycles. The molecule has 5 heteroatoms. The summed E-state index contributed by atoms with van der Waals surface area (Å²) in [6.07, 6.45) is -0.687. The van der Waals surface area contributed by atoms with E-state index < -0.39 is 29.1 Å². The van der Waals surface area contributed by atoms with Crippen LogP contribution in [0.3, 0.4) is 0 Å². The molecule has 0 aliphatic carbocycles. The maximum Gasteiger partial charge on any atom is 0.134 e. The molecule has 0 amide bonds. The highest BCUT2D eigenvalue weighted by Gasteiger charge is 2.19. The molecule has 0 saturated carbocycles. The van der Waals surface area contributed by atoms with Crippen LogP contribution in [0.2, 0.25) is 0 Å². The quantitative estimate of drug-likeness (QED) is 0.793. The van der Waals surface area contributed by atoms with Crippen molar-refractivity contribution in [3.8, 4) is 0 Å². The Hall–Kier alpha value is -1.07. The van der Waals surface area contributed by atoms with Crippen LogP contribution in [0.1, 0.15) is 25.0 Å².